The fourth-order valence-electron chi connectivity index (χ4n) is 4.96. The van der Waals surface area contributed by atoms with Crippen LogP contribution in [0.2, 0.25) is 0 Å². The second kappa shape index (κ2) is 8.27. The Morgan fingerprint density at radius 2 is 1.28 bits per heavy atom. The van der Waals surface area contributed by atoms with Crippen LogP contribution in [0.15, 0.2) is 48.5 Å². The molecule has 2 aliphatic rings. The molecule has 186 valence electrons. The second-order valence-electron chi connectivity index (χ2n) is 9.86. The Morgan fingerprint density at radius 3 is 1.86 bits per heavy atom. The Bertz CT molecular complexity index is 1530. The van der Waals surface area contributed by atoms with E-state index >= 15 is 8.78 Å². The van der Waals surface area contributed by atoms with E-state index in [4.69, 9.17) is 4.98 Å². The molecular formula is C29H19F4N2Pt-3. The van der Waals surface area contributed by atoms with Crippen molar-refractivity contribution in [2.24, 2.45) is 0 Å². The third kappa shape index (κ3) is 3.61. The van der Waals surface area contributed by atoms with Gasteiger partial charge in [0.2, 0.25) is 0 Å². The van der Waals surface area contributed by atoms with Crippen molar-refractivity contribution in [2.45, 2.75) is 38.0 Å². The van der Waals surface area contributed by atoms with Gasteiger partial charge < -0.3 is 9.97 Å². The quantitative estimate of drug-likeness (QED) is 0.151. The maximum Gasteiger partial charge on any atom is 0.0446 e. The average molecular weight is 667 g/mol. The zero-order valence-corrected chi connectivity index (χ0v) is 21.8. The molecule has 8 bridgehead atoms. The van der Waals surface area contributed by atoms with Crippen LogP contribution in [0.3, 0.4) is 0 Å². The maximum atomic E-state index is 15.1. The van der Waals surface area contributed by atoms with Crippen molar-refractivity contribution in [3.05, 3.63) is 112 Å². The number of hydrogen-bond donors (Lipinski definition) is 0. The van der Waals surface area contributed by atoms with Gasteiger partial charge in [-0.1, -0.05) is 79.8 Å². The number of rotatable bonds is 0. The largest absolute Gasteiger partial charge is 0.335 e. The van der Waals surface area contributed by atoms with Gasteiger partial charge in [-0.25, -0.2) is 0 Å². The summed E-state index contributed by atoms with van der Waals surface area (Å²) in [5.74, 6) is -2.41. The van der Waals surface area contributed by atoms with Crippen molar-refractivity contribution >= 4 is 0 Å². The zero-order valence-electron chi connectivity index (χ0n) is 19.5. The minimum absolute atomic E-state index is 0. The van der Waals surface area contributed by atoms with Gasteiger partial charge in [0.25, 0.3) is 0 Å². The SMILES string of the molecule is CC1(C)c2[c-]c(c(F)cc2F)-c2cccc(n2)[C-]2CC2(C)c2cccc(n2)-c2[c-]c1c(F)cc2F.[Pt]. The normalized spacial score (nSPS) is 18.9. The number of fused-ring (bicyclic) bond motifs is 13. The monoisotopic (exact) mass is 666 g/mol. The van der Waals surface area contributed by atoms with E-state index in [9.17, 15) is 8.78 Å². The molecule has 0 spiro atoms. The summed E-state index contributed by atoms with van der Waals surface area (Å²) in [7, 11) is 0. The molecule has 0 radical (unpaired) electrons. The van der Waals surface area contributed by atoms with Crippen molar-refractivity contribution < 1.29 is 38.6 Å². The smallest absolute Gasteiger partial charge is 0.0446 e. The summed E-state index contributed by atoms with van der Waals surface area (Å²) in [6, 6.07) is 17.7. The molecule has 2 aromatic heterocycles. The Hall–Kier alpha value is -2.98. The van der Waals surface area contributed by atoms with E-state index in [-0.39, 0.29) is 43.3 Å². The van der Waals surface area contributed by atoms with Crippen LogP contribution in [0.4, 0.5) is 17.6 Å². The summed E-state index contributed by atoms with van der Waals surface area (Å²) in [5.41, 5.74) is 0.000774. The van der Waals surface area contributed by atoms with Gasteiger partial charge in [-0.15, -0.1) is 23.9 Å². The Morgan fingerprint density at radius 1 is 0.750 bits per heavy atom. The summed E-state index contributed by atoms with van der Waals surface area (Å²) < 4.78 is 60.2. The Labute approximate surface area is 221 Å². The van der Waals surface area contributed by atoms with E-state index in [0.29, 0.717) is 23.5 Å². The first-order chi connectivity index (χ1) is 16.6. The maximum absolute atomic E-state index is 15.1. The molecule has 1 aliphatic carbocycles. The average Bonchev–Trinajstić information content (AvgIpc) is 3.51. The first-order valence-electron chi connectivity index (χ1n) is 11.3. The first kappa shape index (κ1) is 24.7. The minimum atomic E-state index is -1.36. The molecule has 2 aromatic carbocycles. The first-order valence-corrected chi connectivity index (χ1v) is 11.3. The molecule has 1 aliphatic heterocycles. The van der Waals surface area contributed by atoms with Crippen LogP contribution in [0.1, 0.15) is 49.7 Å². The minimum Gasteiger partial charge on any atom is -0.335 e. The zero-order chi connectivity index (χ0) is 24.7. The molecule has 36 heavy (non-hydrogen) atoms. The van der Waals surface area contributed by atoms with E-state index in [0.717, 1.165) is 23.7 Å². The van der Waals surface area contributed by atoms with Crippen molar-refractivity contribution in [2.75, 3.05) is 0 Å². The Kier molecular flexibility index (Phi) is 5.68. The molecule has 0 amide bonds. The number of nitrogens with zero attached hydrogens (tertiary/aromatic N) is 2. The predicted molar refractivity (Wildman–Crippen MR) is 123 cm³/mol. The molecular weight excluding hydrogens is 647 g/mol. The number of benzene rings is 2. The van der Waals surface area contributed by atoms with E-state index < -0.39 is 34.1 Å². The van der Waals surface area contributed by atoms with Crippen molar-refractivity contribution in [1.29, 1.82) is 0 Å². The third-order valence-corrected chi connectivity index (χ3v) is 7.17. The number of pyridine rings is 2. The summed E-state index contributed by atoms with van der Waals surface area (Å²) in [6.45, 7) is 5.15. The van der Waals surface area contributed by atoms with Gasteiger partial charge in [-0.05, 0) is 28.3 Å². The van der Waals surface area contributed by atoms with Crippen molar-refractivity contribution in [1.82, 2.24) is 9.97 Å². The van der Waals surface area contributed by atoms with Gasteiger partial charge in [0.15, 0.2) is 0 Å². The van der Waals surface area contributed by atoms with E-state index in [2.05, 4.69) is 17.1 Å². The van der Waals surface area contributed by atoms with E-state index in [1.165, 1.54) is 0 Å². The molecule has 7 heteroatoms. The van der Waals surface area contributed by atoms with Crippen molar-refractivity contribution in [3.63, 3.8) is 0 Å². The fraction of sp³-hybridized carbons (Fsp3) is 0.207. The molecule has 6 rings (SSSR count). The van der Waals surface area contributed by atoms with Crippen LogP contribution in [-0.2, 0) is 31.9 Å². The molecule has 0 N–H and O–H groups in total. The summed E-state index contributed by atoms with van der Waals surface area (Å²) in [4.78, 5) is 9.37. The van der Waals surface area contributed by atoms with E-state index in [1.807, 2.05) is 19.1 Å². The van der Waals surface area contributed by atoms with Gasteiger partial charge in [-0.2, -0.15) is 12.0 Å². The third-order valence-electron chi connectivity index (χ3n) is 7.17. The summed E-state index contributed by atoms with van der Waals surface area (Å²) in [6.07, 6.45) is 0.675. The van der Waals surface area contributed by atoms with Gasteiger partial charge in [0.1, 0.15) is 0 Å². The van der Waals surface area contributed by atoms with Crippen LogP contribution in [0.5, 0.6) is 0 Å². The topological polar surface area (TPSA) is 25.8 Å². The van der Waals surface area contributed by atoms with Crippen LogP contribution in [-0.4, -0.2) is 9.97 Å². The Balaban J connectivity index is 0.00000267. The van der Waals surface area contributed by atoms with Gasteiger partial charge >= 0.3 is 0 Å². The standard InChI is InChI=1S/C29H19F4N2.Pt/c1-28(2)17-10-15(20(30)12-22(17)32)24-6-4-8-26(34-24)19-14-29(19,3)27-9-5-7-25(35-27)16-11-18(28)23(33)13-21(16)31;/h4-9,12-13H,14H2,1-3H3;/q-3;. The molecule has 4 aromatic rings. The second-order valence-corrected chi connectivity index (χ2v) is 9.86. The van der Waals surface area contributed by atoms with Crippen LogP contribution in [0.25, 0.3) is 22.5 Å². The van der Waals surface area contributed by atoms with Crippen LogP contribution in [0, 0.1) is 41.3 Å². The summed E-state index contributed by atoms with van der Waals surface area (Å²) >= 11 is 0. The number of halogens is 4. The van der Waals surface area contributed by atoms with Crippen molar-refractivity contribution in [3.8, 4) is 22.5 Å². The summed E-state index contributed by atoms with van der Waals surface area (Å²) in [5, 5.41) is 0. The molecule has 1 fully saturated rings. The van der Waals surface area contributed by atoms with Gasteiger partial charge in [0, 0.05) is 50.0 Å². The fourth-order valence-corrected chi connectivity index (χ4v) is 4.96. The van der Waals surface area contributed by atoms with Crippen LogP contribution < -0.4 is 0 Å². The van der Waals surface area contributed by atoms with Gasteiger partial charge in [0.05, 0.1) is 0 Å². The number of hydrogen-bond acceptors (Lipinski definition) is 2. The molecule has 2 nitrogen and oxygen atoms in total. The molecule has 1 saturated carbocycles. The molecule has 1 atom stereocenters. The predicted octanol–water partition coefficient (Wildman–Crippen LogP) is 6.89. The molecule has 0 saturated heterocycles. The van der Waals surface area contributed by atoms with Crippen LogP contribution >= 0.6 is 0 Å². The number of aromatic nitrogens is 2. The van der Waals surface area contributed by atoms with Gasteiger partial charge in [-0.3, -0.25) is 17.6 Å². The van der Waals surface area contributed by atoms with E-state index in [1.54, 1.807) is 38.1 Å². The molecule has 1 unspecified atom stereocenters. The molecule has 3 heterocycles.